The average molecular weight is 316 g/mol. The molecule has 2 heterocycles. The average Bonchev–Trinajstić information content (AvgIpc) is 3.22. The zero-order valence-corrected chi connectivity index (χ0v) is 13.5. The third-order valence-electron chi connectivity index (χ3n) is 4.14. The van der Waals surface area contributed by atoms with Crippen molar-refractivity contribution in [2.75, 3.05) is 20.8 Å². The molecule has 0 spiro atoms. The van der Waals surface area contributed by atoms with Crippen molar-refractivity contribution in [3.05, 3.63) is 41.3 Å². The van der Waals surface area contributed by atoms with E-state index in [0.29, 0.717) is 23.7 Å². The van der Waals surface area contributed by atoms with Crippen LogP contribution in [0.1, 0.15) is 40.7 Å². The second kappa shape index (κ2) is 6.32. The molecule has 1 atom stereocenters. The Hall–Kier alpha value is -2.50. The van der Waals surface area contributed by atoms with Crippen LogP contribution in [0.15, 0.2) is 28.8 Å². The summed E-state index contributed by atoms with van der Waals surface area (Å²) in [5.74, 6) is 1.51. The molecule has 1 aliphatic rings. The van der Waals surface area contributed by atoms with Crippen LogP contribution in [-0.4, -0.2) is 36.7 Å². The molecule has 1 aromatic carbocycles. The Morgan fingerprint density at radius 1 is 1.26 bits per heavy atom. The molecule has 0 unspecified atom stereocenters. The van der Waals surface area contributed by atoms with E-state index in [1.54, 1.807) is 27.2 Å². The highest BCUT2D eigenvalue weighted by Crippen LogP contribution is 2.37. The van der Waals surface area contributed by atoms with Crippen LogP contribution in [0.3, 0.4) is 0 Å². The minimum Gasteiger partial charge on any atom is -0.493 e. The predicted octanol–water partition coefficient (Wildman–Crippen LogP) is 2.98. The molecule has 0 bridgehead atoms. The third kappa shape index (κ3) is 2.88. The van der Waals surface area contributed by atoms with E-state index in [0.717, 1.165) is 18.4 Å². The summed E-state index contributed by atoms with van der Waals surface area (Å²) < 4.78 is 15.8. The second-order valence-electron chi connectivity index (χ2n) is 5.60. The van der Waals surface area contributed by atoms with Crippen molar-refractivity contribution < 1.29 is 18.8 Å². The summed E-state index contributed by atoms with van der Waals surface area (Å²) in [5, 5.41) is 3.80. The fourth-order valence-electron chi connectivity index (χ4n) is 3.02. The zero-order valence-electron chi connectivity index (χ0n) is 13.5. The molecule has 23 heavy (non-hydrogen) atoms. The number of ether oxygens (including phenoxy) is 2. The van der Waals surface area contributed by atoms with Gasteiger partial charge in [0.2, 0.25) is 5.76 Å². The molecule has 0 N–H and O–H groups in total. The van der Waals surface area contributed by atoms with Crippen LogP contribution in [0.4, 0.5) is 0 Å². The molecule has 0 aliphatic carbocycles. The molecule has 6 nitrogen and oxygen atoms in total. The molecule has 1 aliphatic heterocycles. The molecule has 2 aromatic rings. The van der Waals surface area contributed by atoms with Crippen molar-refractivity contribution in [3.63, 3.8) is 0 Å². The van der Waals surface area contributed by atoms with Crippen LogP contribution in [0.2, 0.25) is 0 Å². The van der Waals surface area contributed by atoms with E-state index in [-0.39, 0.29) is 17.7 Å². The van der Waals surface area contributed by atoms with Gasteiger partial charge in [-0.1, -0.05) is 11.2 Å². The number of rotatable bonds is 4. The van der Waals surface area contributed by atoms with E-state index in [9.17, 15) is 4.79 Å². The van der Waals surface area contributed by atoms with Gasteiger partial charge in [-0.15, -0.1) is 0 Å². The number of benzene rings is 1. The summed E-state index contributed by atoms with van der Waals surface area (Å²) in [6.45, 7) is 2.51. The highest BCUT2D eigenvalue weighted by molar-refractivity contribution is 5.92. The molecule has 1 aromatic heterocycles. The van der Waals surface area contributed by atoms with Gasteiger partial charge in [0.15, 0.2) is 11.5 Å². The molecule has 0 radical (unpaired) electrons. The maximum Gasteiger partial charge on any atom is 0.292 e. The summed E-state index contributed by atoms with van der Waals surface area (Å²) in [7, 11) is 3.21. The van der Waals surface area contributed by atoms with Gasteiger partial charge >= 0.3 is 0 Å². The number of hydrogen-bond acceptors (Lipinski definition) is 5. The number of likely N-dealkylation sites (tertiary alicyclic amines) is 1. The SMILES string of the molecule is COc1ccc([C@@H]2CCCN2C(=O)c2cc(C)no2)cc1OC. The Labute approximate surface area is 135 Å². The van der Waals surface area contributed by atoms with Crippen LogP contribution < -0.4 is 9.47 Å². The Bertz CT molecular complexity index is 710. The van der Waals surface area contributed by atoms with Crippen molar-refractivity contribution in [3.8, 4) is 11.5 Å². The monoisotopic (exact) mass is 316 g/mol. The summed E-state index contributed by atoms with van der Waals surface area (Å²) in [6, 6.07) is 7.46. The van der Waals surface area contributed by atoms with E-state index in [1.165, 1.54) is 0 Å². The summed E-state index contributed by atoms with van der Waals surface area (Å²) >= 11 is 0. The van der Waals surface area contributed by atoms with Gasteiger partial charge in [-0.25, -0.2) is 0 Å². The minimum absolute atomic E-state index is 0.00714. The Morgan fingerprint density at radius 2 is 2.04 bits per heavy atom. The van der Waals surface area contributed by atoms with Gasteiger partial charge in [-0.3, -0.25) is 4.79 Å². The van der Waals surface area contributed by atoms with Crippen molar-refractivity contribution in [1.82, 2.24) is 10.1 Å². The third-order valence-corrected chi connectivity index (χ3v) is 4.14. The molecule has 1 amide bonds. The van der Waals surface area contributed by atoms with E-state index in [1.807, 2.05) is 23.1 Å². The first-order chi connectivity index (χ1) is 11.1. The van der Waals surface area contributed by atoms with Crippen molar-refractivity contribution in [2.45, 2.75) is 25.8 Å². The molecular weight excluding hydrogens is 296 g/mol. The number of hydrogen-bond donors (Lipinski definition) is 0. The highest BCUT2D eigenvalue weighted by Gasteiger charge is 2.32. The van der Waals surface area contributed by atoms with Gasteiger partial charge in [0.1, 0.15) is 0 Å². The Morgan fingerprint density at radius 3 is 2.70 bits per heavy atom. The quantitative estimate of drug-likeness (QED) is 0.867. The highest BCUT2D eigenvalue weighted by atomic mass is 16.5. The normalized spacial score (nSPS) is 17.3. The molecule has 6 heteroatoms. The van der Waals surface area contributed by atoms with Gasteiger partial charge in [0.05, 0.1) is 26.0 Å². The number of aromatic nitrogens is 1. The van der Waals surface area contributed by atoms with Crippen molar-refractivity contribution in [2.24, 2.45) is 0 Å². The zero-order chi connectivity index (χ0) is 16.4. The number of carbonyl (C=O) groups is 1. The molecule has 0 saturated carbocycles. The lowest BCUT2D eigenvalue weighted by molar-refractivity contribution is 0.0693. The van der Waals surface area contributed by atoms with E-state index in [4.69, 9.17) is 14.0 Å². The first-order valence-electron chi connectivity index (χ1n) is 7.60. The van der Waals surface area contributed by atoms with Gasteiger partial charge in [-0.05, 0) is 37.5 Å². The van der Waals surface area contributed by atoms with Crippen molar-refractivity contribution in [1.29, 1.82) is 0 Å². The lowest BCUT2D eigenvalue weighted by Gasteiger charge is -2.24. The summed E-state index contributed by atoms with van der Waals surface area (Å²) in [6.07, 6.45) is 1.87. The van der Waals surface area contributed by atoms with Crippen LogP contribution in [0.5, 0.6) is 11.5 Å². The van der Waals surface area contributed by atoms with Gasteiger partial charge < -0.3 is 18.9 Å². The first kappa shape index (κ1) is 15.4. The van der Waals surface area contributed by atoms with E-state index in [2.05, 4.69) is 5.16 Å². The van der Waals surface area contributed by atoms with Gasteiger partial charge in [-0.2, -0.15) is 0 Å². The van der Waals surface area contributed by atoms with Crippen molar-refractivity contribution >= 4 is 5.91 Å². The molecular formula is C17H20N2O4. The fraction of sp³-hybridized carbons (Fsp3) is 0.412. The number of carbonyl (C=O) groups excluding carboxylic acids is 1. The second-order valence-corrected chi connectivity index (χ2v) is 5.60. The standard InChI is InChI=1S/C17H20N2O4/c1-11-9-16(23-18-11)17(20)19-8-4-5-13(19)12-6-7-14(21-2)15(10-12)22-3/h6-7,9-10,13H,4-5,8H2,1-3H3/t13-/m0/s1. The first-order valence-corrected chi connectivity index (χ1v) is 7.60. The fourth-order valence-corrected chi connectivity index (χ4v) is 3.02. The lowest BCUT2D eigenvalue weighted by Crippen LogP contribution is -2.30. The van der Waals surface area contributed by atoms with Crippen LogP contribution >= 0.6 is 0 Å². The minimum atomic E-state index is -0.122. The molecule has 1 saturated heterocycles. The molecule has 122 valence electrons. The van der Waals surface area contributed by atoms with Gasteiger partial charge in [0, 0.05) is 12.6 Å². The number of methoxy groups -OCH3 is 2. The molecule has 1 fully saturated rings. The maximum atomic E-state index is 12.7. The Balaban J connectivity index is 1.88. The number of amides is 1. The van der Waals surface area contributed by atoms with Crippen LogP contribution in [0.25, 0.3) is 0 Å². The number of nitrogens with zero attached hydrogens (tertiary/aromatic N) is 2. The number of aryl methyl sites for hydroxylation is 1. The largest absolute Gasteiger partial charge is 0.493 e. The lowest BCUT2D eigenvalue weighted by atomic mass is 10.0. The van der Waals surface area contributed by atoms with Gasteiger partial charge in [0.25, 0.3) is 5.91 Å². The predicted molar refractivity (Wildman–Crippen MR) is 83.8 cm³/mol. The van der Waals surface area contributed by atoms with E-state index >= 15 is 0 Å². The topological polar surface area (TPSA) is 64.8 Å². The summed E-state index contributed by atoms with van der Waals surface area (Å²) in [4.78, 5) is 14.5. The summed E-state index contributed by atoms with van der Waals surface area (Å²) in [5.41, 5.74) is 1.74. The van der Waals surface area contributed by atoms with Crippen LogP contribution in [0, 0.1) is 6.92 Å². The maximum absolute atomic E-state index is 12.7. The smallest absolute Gasteiger partial charge is 0.292 e. The van der Waals surface area contributed by atoms with E-state index < -0.39 is 0 Å². The van der Waals surface area contributed by atoms with Crippen LogP contribution in [-0.2, 0) is 0 Å². The molecule has 3 rings (SSSR count). The Kier molecular flexibility index (Phi) is 4.23.